The van der Waals surface area contributed by atoms with Gasteiger partial charge in [0.15, 0.2) is 16.6 Å². The molecule has 0 fully saturated rings. The van der Waals surface area contributed by atoms with Gasteiger partial charge >= 0.3 is 0 Å². The summed E-state index contributed by atoms with van der Waals surface area (Å²) in [7, 11) is 0. The molecule has 4 aromatic rings. The number of nitrogens with one attached hydrogen (secondary N) is 1. The predicted molar refractivity (Wildman–Crippen MR) is 119 cm³/mol. The molecule has 0 spiro atoms. The molecular formula is C22H17N3O3S2. The van der Waals surface area contributed by atoms with Gasteiger partial charge in [-0.15, -0.1) is 22.7 Å². The molecule has 0 atom stereocenters. The number of ether oxygens (including phenoxy) is 2. The predicted octanol–water partition coefficient (Wildman–Crippen LogP) is 5.27. The topological polar surface area (TPSA) is 73.3 Å². The van der Waals surface area contributed by atoms with Crippen LogP contribution in [-0.2, 0) is 0 Å². The first-order valence-corrected chi connectivity index (χ1v) is 11.1. The second-order valence-electron chi connectivity index (χ2n) is 6.72. The van der Waals surface area contributed by atoms with Gasteiger partial charge in [-0.1, -0.05) is 12.1 Å². The molecule has 8 heteroatoms. The van der Waals surface area contributed by atoms with Crippen molar-refractivity contribution in [2.24, 2.45) is 0 Å². The second-order valence-corrected chi connectivity index (χ2v) is 8.44. The lowest BCUT2D eigenvalue weighted by molar-refractivity contribution is 0.102. The summed E-state index contributed by atoms with van der Waals surface area (Å²) in [4.78, 5) is 21.6. The lowest BCUT2D eigenvalue weighted by Crippen LogP contribution is -2.15. The van der Waals surface area contributed by atoms with Crippen LogP contribution in [0.25, 0.3) is 21.8 Å². The second kappa shape index (κ2) is 7.89. The van der Waals surface area contributed by atoms with Crippen LogP contribution < -0.4 is 14.8 Å². The van der Waals surface area contributed by atoms with Crippen molar-refractivity contribution in [1.82, 2.24) is 9.97 Å². The molecule has 0 radical (unpaired) electrons. The number of benzene rings is 2. The van der Waals surface area contributed by atoms with Crippen LogP contribution >= 0.6 is 22.7 Å². The molecule has 1 amide bonds. The number of hydrogen-bond donors (Lipinski definition) is 1. The van der Waals surface area contributed by atoms with Crippen molar-refractivity contribution in [2.75, 3.05) is 18.5 Å². The lowest BCUT2D eigenvalue weighted by Gasteiger charge is -2.18. The van der Waals surface area contributed by atoms with E-state index in [1.54, 1.807) is 23.5 Å². The van der Waals surface area contributed by atoms with Crippen molar-refractivity contribution in [3.63, 3.8) is 0 Å². The highest BCUT2D eigenvalue weighted by molar-refractivity contribution is 7.14. The van der Waals surface area contributed by atoms with E-state index in [1.807, 2.05) is 48.0 Å². The van der Waals surface area contributed by atoms with Crippen LogP contribution in [0.2, 0.25) is 0 Å². The quantitative estimate of drug-likeness (QED) is 0.473. The van der Waals surface area contributed by atoms with Crippen LogP contribution in [0.4, 0.5) is 5.13 Å². The van der Waals surface area contributed by atoms with Gasteiger partial charge in [0.2, 0.25) is 0 Å². The van der Waals surface area contributed by atoms with Crippen molar-refractivity contribution < 1.29 is 14.3 Å². The normalized spacial score (nSPS) is 12.6. The van der Waals surface area contributed by atoms with E-state index in [0.717, 1.165) is 33.3 Å². The number of aryl methyl sites for hydroxylation is 1. The van der Waals surface area contributed by atoms with Gasteiger partial charge in [0.1, 0.15) is 18.2 Å². The minimum Gasteiger partial charge on any atom is -0.486 e. The molecule has 5 rings (SSSR count). The van der Waals surface area contributed by atoms with Crippen molar-refractivity contribution in [1.29, 1.82) is 0 Å². The van der Waals surface area contributed by atoms with Gasteiger partial charge < -0.3 is 9.47 Å². The minimum atomic E-state index is -0.194. The molecule has 3 heterocycles. The van der Waals surface area contributed by atoms with Gasteiger partial charge in [-0.25, -0.2) is 9.97 Å². The number of hydrogen-bond acceptors (Lipinski definition) is 7. The SMILES string of the molecule is Cc1csc(-c2ccc(C(=O)Nc3nc(-c4ccc5c(c4)OCCO5)cs3)cc2)n1. The van der Waals surface area contributed by atoms with Crippen LogP contribution in [0.1, 0.15) is 16.1 Å². The third-order valence-corrected chi connectivity index (χ3v) is 6.34. The van der Waals surface area contributed by atoms with Crippen LogP contribution in [-0.4, -0.2) is 29.1 Å². The molecule has 0 saturated carbocycles. The van der Waals surface area contributed by atoms with Gasteiger partial charge in [0, 0.05) is 33.1 Å². The van der Waals surface area contributed by atoms with Gasteiger partial charge in [0.05, 0.1) is 5.69 Å². The Hall–Kier alpha value is -3.23. The Bertz CT molecular complexity index is 1210. The van der Waals surface area contributed by atoms with Crippen LogP contribution in [0.15, 0.2) is 53.2 Å². The fraction of sp³-hybridized carbons (Fsp3) is 0.136. The van der Waals surface area contributed by atoms with E-state index in [-0.39, 0.29) is 5.91 Å². The summed E-state index contributed by atoms with van der Waals surface area (Å²) in [6.07, 6.45) is 0. The standard InChI is InChI=1S/C22H17N3O3S2/c1-13-11-29-21(23-13)15-4-2-14(3-5-15)20(26)25-22-24-17(12-30-22)16-6-7-18-19(10-16)28-9-8-27-18/h2-7,10-12H,8-9H2,1H3,(H,24,25,26). The third kappa shape index (κ3) is 3.79. The van der Waals surface area contributed by atoms with E-state index in [1.165, 1.54) is 11.3 Å². The summed E-state index contributed by atoms with van der Waals surface area (Å²) in [6, 6.07) is 13.2. The molecule has 6 nitrogen and oxygen atoms in total. The van der Waals surface area contributed by atoms with E-state index in [0.29, 0.717) is 29.7 Å². The molecule has 1 aliphatic rings. The monoisotopic (exact) mass is 435 g/mol. The van der Waals surface area contributed by atoms with Crippen molar-refractivity contribution in [2.45, 2.75) is 6.92 Å². The lowest BCUT2D eigenvalue weighted by atomic mass is 10.1. The largest absolute Gasteiger partial charge is 0.486 e. The van der Waals surface area contributed by atoms with Crippen LogP contribution in [0, 0.1) is 6.92 Å². The Morgan fingerprint density at radius 1 is 0.933 bits per heavy atom. The summed E-state index contributed by atoms with van der Waals surface area (Å²) in [5, 5.41) is 8.29. The first kappa shape index (κ1) is 18.8. The Morgan fingerprint density at radius 2 is 1.70 bits per heavy atom. The van der Waals surface area contributed by atoms with Gasteiger partial charge in [-0.3, -0.25) is 10.1 Å². The molecule has 0 bridgehead atoms. The number of rotatable bonds is 4. The highest BCUT2D eigenvalue weighted by Gasteiger charge is 2.15. The van der Waals surface area contributed by atoms with Crippen LogP contribution in [0.3, 0.4) is 0 Å². The Balaban J connectivity index is 1.29. The molecular weight excluding hydrogens is 418 g/mol. The van der Waals surface area contributed by atoms with Crippen molar-refractivity contribution in [3.05, 3.63) is 64.5 Å². The van der Waals surface area contributed by atoms with E-state index >= 15 is 0 Å². The average Bonchev–Trinajstić information content (AvgIpc) is 3.42. The molecule has 0 saturated heterocycles. The van der Waals surface area contributed by atoms with Crippen molar-refractivity contribution in [3.8, 4) is 33.3 Å². The number of nitrogens with zero attached hydrogens (tertiary/aromatic N) is 2. The van der Waals surface area contributed by atoms with E-state index in [4.69, 9.17) is 9.47 Å². The summed E-state index contributed by atoms with van der Waals surface area (Å²) in [5.41, 5.74) is 4.26. The summed E-state index contributed by atoms with van der Waals surface area (Å²) < 4.78 is 11.2. The van der Waals surface area contributed by atoms with E-state index in [9.17, 15) is 4.79 Å². The fourth-order valence-electron chi connectivity index (χ4n) is 3.09. The van der Waals surface area contributed by atoms with E-state index < -0.39 is 0 Å². The summed E-state index contributed by atoms with van der Waals surface area (Å²) in [5.74, 6) is 1.26. The maximum absolute atomic E-state index is 12.6. The highest BCUT2D eigenvalue weighted by atomic mass is 32.1. The molecule has 0 aliphatic carbocycles. The number of thiazole rings is 2. The number of amides is 1. The Labute approximate surface area is 181 Å². The van der Waals surface area contributed by atoms with E-state index in [2.05, 4.69) is 15.3 Å². The first-order chi connectivity index (χ1) is 14.7. The molecule has 1 N–H and O–H groups in total. The highest BCUT2D eigenvalue weighted by Crippen LogP contribution is 2.35. The average molecular weight is 436 g/mol. The zero-order valence-corrected chi connectivity index (χ0v) is 17.7. The van der Waals surface area contributed by atoms with Crippen LogP contribution in [0.5, 0.6) is 11.5 Å². The first-order valence-electron chi connectivity index (χ1n) is 9.35. The molecule has 0 unspecified atom stereocenters. The summed E-state index contributed by atoms with van der Waals surface area (Å²) >= 11 is 2.98. The molecule has 1 aliphatic heterocycles. The fourth-order valence-corrected chi connectivity index (χ4v) is 4.60. The maximum atomic E-state index is 12.6. The number of carbonyl (C=O) groups excluding carboxylic acids is 1. The van der Waals surface area contributed by atoms with Gasteiger partial charge in [-0.05, 0) is 37.3 Å². The zero-order valence-electron chi connectivity index (χ0n) is 16.0. The number of fused-ring (bicyclic) bond motifs is 1. The summed E-state index contributed by atoms with van der Waals surface area (Å²) in [6.45, 7) is 3.06. The Kier molecular flexibility index (Phi) is 4.94. The number of carbonyl (C=O) groups is 1. The third-order valence-electron chi connectivity index (χ3n) is 4.58. The Morgan fingerprint density at radius 3 is 2.47 bits per heavy atom. The van der Waals surface area contributed by atoms with Gasteiger partial charge in [-0.2, -0.15) is 0 Å². The molecule has 150 valence electrons. The maximum Gasteiger partial charge on any atom is 0.257 e. The van der Waals surface area contributed by atoms with Gasteiger partial charge in [0.25, 0.3) is 5.91 Å². The minimum absolute atomic E-state index is 0.194. The zero-order chi connectivity index (χ0) is 20.5. The van der Waals surface area contributed by atoms with Crippen molar-refractivity contribution >= 4 is 33.7 Å². The number of aromatic nitrogens is 2. The smallest absolute Gasteiger partial charge is 0.257 e. The molecule has 30 heavy (non-hydrogen) atoms. The molecule has 2 aromatic carbocycles. The number of anilines is 1. The molecule has 2 aromatic heterocycles.